The van der Waals surface area contributed by atoms with Crippen molar-refractivity contribution in [3.05, 3.63) is 0 Å². The maximum atomic E-state index is 11.1. The Labute approximate surface area is 237 Å². The first-order valence-electron chi connectivity index (χ1n) is 14.8. The molecule has 0 aromatic rings. The van der Waals surface area contributed by atoms with E-state index >= 15 is 0 Å². The molecule has 5 aliphatic heterocycles. The molecule has 2 N–H and O–H groups in total. The van der Waals surface area contributed by atoms with Crippen LogP contribution in [-0.4, -0.2) is 85.3 Å². The van der Waals surface area contributed by atoms with Gasteiger partial charge in [-0.05, 0) is 113 Å². The van der Waals surface area contributed by atoms with Gasteiger partial charge in [0.05, 0.1) is 64.6 Å². The van der Waals surface area contributed by atoms with Gasteiger partial charge < -0.3 is 33.9 Å². The number of aliphatic hydroxyl groups is 2. The molecule has 11 atom stereocenters. The second-order valence-electron chi connectivity index (χ2n) is 14.8. The van der Waals surface area contributed by atoms with Crippen LogP contribution in [0.2, 0.25) is 0 Å². The minimum absolute atomic E-state index is 0.00698. The lowest BCUT2D eigenvalue weighted by atomic mass is 9.74. The smallest absolute Gasteiger partial charge is 0.118 e. The maximum absolute atomic E-state index is 11.1. The largest absolute Gasteiger partial charge is 0.390 e. The number of fused-ring (bicyclic) bond motifs is 1. The second-order valence-corrected chi connectivity index (χ2v) is 15.9. The van der Waals surface area contributed by atoms with Gasteiger partial charge in [0, 0.05) is 4.83 Å². The minimum Gasteiger partial charge on any atom is -0.390 e. The molecule has 0 amide bonds. The van der Waals surface area contributed by atoms with Crippen molar-refractivity contribution in [3.63, 3.8) is 0 Å². The highest BCUT2D eigenvalue weighted by Crippen LogP contribution is 2.52. The van der Waals surface area contributed by atoms with Crippen LogP contribution < -0.4 is 0 Å². The van der Waals surface area contributed by atoms with Crippen LogP contribution in [0, 0.1) is 0 Å². The predicted octanol–water partition coefficient (Wildman–Crippen LogP) is 5.20. The first-order valence-corrected chi connectivity index (χ1v) is 15.8. The third-order valence-corrected chi connectivity index (χ3v) is 12.2. The molecule has 5 saturated heterocycles. The lowest BCUT2D eigenvalue weighted by Crippen LogP contribution is -2.67. The van der Waals surface area contributed by atoms with Crippen molar-refractivity contribution in [1.29, 1.82) is 0 Å². The fourth-order valence-electron chi connectivity index (χ4n) is 7.85. The Balaban J connectivity index is 1.23. The molecule has 0 aromatic carbocycles. The molecule has 5 rings (SSSR count). The Morgan fingerprint density at radius 3 is 1.82 bits per heavy atom. The summed E-state index contributed by atoms with van der Waals surface area (Å²) in [6, 6.07) is 0. The number of rotatable bonds is 4. The highest BCUT2D eigenvalue weighted by molar-refractivity contribution is 9.09. The number of hydrogen-bond donors (Lipinski definition) is 2. The van der Waals surface area contributed by atoms with Gasteiger partial charge in [0.15, 0.2) is 0 Å². The molecule has 0 radical (unpaired) electrons. The molecule has 5 fully saturated rings. The van der Waals surface area contributed by atoms with Crippen LogP contribution >= 0.6 is 15.9 Å². The van der Waals surface area contributed by atoms with Crippen molar-refractivity contribution in [2.75, 3.05) is 0 Å². The fourth-order valence-corrected chi connectivity index (χ4v) is 8.30. The lowest BCUT2D eigenvalue weighted by molar-refractivity contribution is -0.318. The van der Waals surface area contributed by atoms with Gasteiger partial charge in [0.2, 0.25) is 0 Å². The number of aliphatic hydroxyl groups excluding tert-OH is 1. The molecule has 0 unspecified atom stereocenters. The zero-order valence-electron chi connectivity index (χ0n) is 24.7. The third kappa shape index (κ3) is 5.05. The summed E-state index contributed by atoms with van der Waals surface area (Å²) in [5, 5.41) is 21.5. The van der Waals surface area contributed by atoms with Gasteiger partial charge >= 0.3 is 0 Å². The van der Waals surface area contributed by atoms with E-state index in [2.05, 4.69) is 50.5 Å². The van der Waals surface area contributed by atoms with E-state index in [1.54, 1.807) is 0 Å². The molecule has 7 nitrogen and oxygen atoms in total. The molecule has 8 heteroatoms. The van der Waals surface area contributed by atoms with Gasteiger partial charge in [-0.15, -0.1) is 0 Å². The summed E-state index contributed by atoms with van der Waals surface area (Å²) < 4.78 is 33.4. The molecule has 220 valence electrons. The summed E-state index contributed by atoms with van der Waals surface area (Å²) in [4.78, 5) is 0.0968. The van der Waals surface area contributed by atoms with E-state index in [-0.39, 0.29) is 52.2 Å². The number of ether oxygens (including phenoxy) is 5. The molecule has 5 aliphatic rings. The lowest BCUT2D eigenvalue weighted by Gasteiger charge is -2.57. The van der Waals surface area contributed by atoms with Crippen molar-refractivity contribution in [2.24, 2.45) is 0 Å². The topological polar surface area (TPSA) is 86.6 Å². The molecule has 5 heterocycles. The SMILES string of the molecule is CC(C)(O)[C@H]1CC[C@@](C)([C@@H]2CC[C@@](C)([C@H]3CC[C@H]4O[C@@H]([C@@]5(C)OC(C)(C)[C@H](Br)C[C@@H]5O)CC[C@]4(C)O3)O2)O1. The Morgan fingerprint density at radius 1 is 0.711 bits per heavy atom. The normalized spacial score (nSPS) is 53.6. The van der Waals surface area contributed by atoms with Gasteiger partial charge in [-0.2, -0.15) is 0 Å². The van der Waals surface area contributed by atoms with Crippen molar-refractivity contribution < 1.29 is 33.9 Å². The molecule has 38 heavy (non-hydrogen) atoms. The average Bonchev–Trinajstić information content (AvgIpc) is 3.42. The van der Waals surface area contributed by atoms with Crippen molar-refractivity contribution in [2.45, 2.75) is 188 Å². The predicted molar refractivity (Wildman–Crippen MR) is 149 cm³/mol. The summed E-state index contributed by atoms with van der Waals surface area (Å²) in [7, 11) is 0. The number of hydrogen-bond acceptors (Lipinski definition) is 7. The molecule has 0 saturated carbocycles. The quantitative estimate of drug-likeness (QED) is 0.428. The molecule has 0 bridgehead atoms. The van der Waals surface area contributed by atoms with Crippen molar-refractivity contribution in [3.8, 4) is 0 Å². The zero-order valence-corrected chi connectivity index (χ0v) is 26.3. The van der Waals surface area contributed by atoms with E-state index in [0.29, 0.717) is 6.42 Å². The van der Waals surface area contributed by atoms with E-state index in [0.717, 1.165) is 51.4 Å². The summed E-state index contributed by atoms with van der Waals surface area (Å²) in [5.41, 5.74) is -3.15. The highest BCUT2D eigenvalue weighted by Gasteiger charge is 2.60. The highest BCUT2D eigenvalue weighted by atomic mass is 79.9. The van der Waals surface area contributed by atoms with Gasteiger partial charge in [0.1, 0.15) is 5.60 Å². The van der Waals surface area contributed by atoms with E-state index < -0.39 is 22.9 Å². The molecule has 0 aliphatic carbocycles. The summed E-state index contributed by atoms with van der Waals surface area (Å²) in [6.07, 6.45) is 6.64. The first-order chi connectivity index (χ1) is 17.4. The first kappa shape index (κ1) is 29.7. The summed E-state index contributed by atoms with van der Waals surface area (Å²) in [5.74, 6) is 0. The van der Waals surface area contributed by atoms with Crippen LogP contribution in [0.4, 0.5) is 0 Å². The standard InChI is InChI=1S/C30H51BrO7/c1-25(2,33)20-11-14-29(7,35-20)23-12-15-28(6,37-23)22-10-9-21-27(5,36-22)16-13-24(34-21)30(8)19(32)17-18(31)26(3,4)38-30/h18-24,32-33H,9-17H2,1-8H3/t18-,19+,20-,21-,22-,23+,24-,27+,28+,29+,30+/m1/s1. The van der Waals surface area contributed by atoms with E-state index in [1.165, 1.54) is 0 Å². The fraction of sp³-hybridized carbons (Fsp3) is 1.00. The van der Waals surface area contributed by atoms with Gasteiger partial charge in [-0.1, -0.05) is 15.9 Å². The molecule has 0 aromatic heterocycles. The number of alkyl halides is 1. The van der Waals surface area contributed by atoms with Gasteiger partial charge in [-0.25, -0.2) is 0 Å². The molecular formula is C30H51BrO7. The van der Waals surface area contributed by atoms with Crippen molar-refractivity contribution >= 4 is 15.9 Å². The molecule has 0 spiro atoms. The van der Waals surface area contributed by atoms with Crippen LogP contribution in [0.25, 0.3) is 0 Å². The van der Waals surface area contributed by atoms with Crippen LogP contribution in [-0.2, 0) is 23.7 Å². The average molecular weight is 604 g/mol. The Bertz CT molecular complexity index is 892. The number of halogens is 1. The van der Waals surface area contributed by atoms with Gasteiger partial charge in [0.25, 0.3) is 0 Å². The summed E-state index contributed by atoms with van der Waals surface area (Å²) in [6.45, 7) is 16.4. The van der Waals surface area contributed by atoms with Crippen LogP contribution in [0.15, 0.2) is 0 Å². The summed E-state index contributed by atoms with van der Waals surface area (Å²) >= 11 is 3.70. The third-order valence-electron chi connectivity index (χ3n) is 10.8. The Kier molecular flexibility index (Phi) is 7.51. The second kappa shape index (κ2) is 9.62. The van der Waals surface area contributed by atoms with E-state index in [1.807, 2.05) is 20.8 Å². The van der Waals surface area contributed by atoms with Crippen molar-refractivity contribution in [1.82, 2.24) is 0 Å². The minimum atomic E-state index is -0.851. The van der Waals surface area contributed by atoms with Gasteiger partial charge in [-0.3, -0.25) is 0 Å². The van der Waals surface area contributed by atoms with E-state index in [9.17, 15) is 10.2 Å². The zero-order chi connectivity index (χ0) is 27.9. The Morgan fingerprint density at radius 2 is 1.21 bits per heavy atom. The van der Waals surface area contributed by atoms with E-state index in [4.69, 9.17) is 23.7 Å². The Hall–Kier alpha value is 0.200. The van der Waals surface area contributed by atoms with Crippen LogP contribution in [0.5, 0.6) is 0 Å². The monoisotopic (exact) mass is 602 g/mol. The van der Waals surface area contributed by atoms with Crippen LogP contribution in [0.3, 0.4) is 0 Å². The maximum Gasteiger partial charge on any atom is 0.118 e. The molecular weight excluding hydrogens is 552 g/mol. The van der Waals surface area contributed by atoms with Crippen LogP contribution in [0.1, 0.15) is 113 Å².